The molecule has 8 heteroatoms. The summed E-state index contributed by atoms with van der Waals surface area (Å²) in [5.74, 6) is 0.417. The Bertz CT molecular complexity index is 1020. The number of amides is 1. The van der Waals surface area contributed by atoms with Gasteiger partial charge in [-0.05, 0) is 63.3 Å². The Kier molecular flexibility index (Phi) is 6.47. The van der Waals surface area contributed by atoms with E-state index in [2.05, 4.69) is 40.3 Å². The number of hydrogen-bond donors (Lipinski definition) is 1. The number of benzene rings is 1. The molecule has 0 radical (unpaired) electrons. The lowest BCUT2D eigenvalue weighted by Crippen LogP contribution is -2.34. The van der Waals surface area contributed by atoms with Crippen molar-refractivity contribution in [1.82, 2.24) is 29.5 Å². The van der Waals surface area contributed by atoms with Crippen molar-refractivity contribution in [2.45, 2.75) is 13.8 Å². The van der Waals surface area contributed by atoms with Gasteiger partial charge in [-0.1, -0.05) is 6.07 Å². The second kappa shape index (κ2) is 9.04. The van der Waals surface area contributed by atoms with Crippen molar-refractivity contribution < 1.29 is 4.79 Å². The summed E-state index contributed by atoms with van der Waals surface area (Å²) < 4.78 is 1.60. The Morgan fingerprint density at radius 3 is 2.40 bits per heavy atom. The van der Waals surface area contributed by atoms with E-state index in [1.54, 1.807) is 42.0 Å². The SMILES string of the molecule is Cc1cc(C)cc(Nc2nccc(-c3cc(C(=O)N(C)CCN(C)C)n(C)n3)n2)c1. The topological polar surface area (TPSA) is 79.2 Å². The van der Waals surface area contributed by atoms with Gasteiger partial charge >= 0.3 is 0 Å². The van der Waals surface area contributed by atoms with Crippen molar-refractivity contribution in [1.29, 1.82) is 0 Å². The lowest BCUT2D eigenvalue weighted by molar-refractivity contribution is 0.0775. The highest BCUT2D eigenvalue weighted by atomic mass is 16.2. The average molecular weight is 408 g/mol. The Morgan fingerprint density at radius 1 is 1.03 bits per heavy atom. The molecule has 2 aromatic heterocycles. The molecule has 1 aromatic carbocycles. The minimum absolute atomic E-state index is 0.0688. The van der Waals surface area contributed by atoms with E-state index in [-0.39, 0.29) is 5.91 Å². The van der Waals surface area contributed by atoms with Gasteiger partial charge in [0.05, 0.1) is 5.69 Å². The molecule has 0 saturated carbocycles. The molecule has 0 spiro atoms. The van der Waals surface area contributed by atoms with Crippen LogP contribution in [0, 0.1) is 13.8 Å². The average Bonchev–Trinajstić information content (AvgIpc) is 3.06. The summed E-state index contributed by atoms with van der Waals surface area (Å²) >= 11 is 0. The van der Waals surface area contributed by atoms with Crippen LogP contribution in [0.1, 0.15) is 21.6 Å². The molecule has 3 aromatic rings. The summed E-state index contributed by atoms with van der Waals surface area (Å²) in [4.78, 5) is 25.4. The predicted molar refractivity (Wildman–Crippen MR) is 119 cm³/mol. The van der Waals surface area contributed by atoms with Gasteiger partial charge < -0.3 is 15.1 Å². The number of carbonyl (C=O) groups is 1. The van der Waals surface area contributed by atoms with Gasteiger partial charge in [0.15, 0.2) is 0 Å². The Balaban J connectivity index is 1.81. The van der Waals surface area contributed by atoms with Crippen molar-refractivity contribution in [3.05, 3.63) is 53.3 Å². The van der Waals surface area contributed by atoms with E-state index in [1.165, 1.54) is 11.1 Å². The van der Waals surface area contributed by atoms with Gasteiger partial charge in [0.2, 0.25) is 5.95 Å². The first-order valence-corrected chi connectivity index (χ1v) is 9.86. The molecule has 30 heavy (non-hydrogen) atoms. The number of nitrogens with zero attached hydrogens (tertiary/aromatic N) is 6. The normalized spacial score (nSPS) is 11.0. The van der Waals surface area contributed by atoms with E-state index in [0.29, 0.717) is 29.6 Å². The number of rotatable bonds is 7. The van der Waals surface area contributed by atoms with Gasteiger partial charge in [0, 0.05) is 39.1 Å². The van der Waals surface area contributed by atoms with Gasteiger partial charge in [-0.25, -0.2) is 9.97 Å². The molecule has 0 atom stereocenters. The minimum Gasteiger partial charge on any atom is -0.339 e. The van der Waals surface area contributed by atoms with Crippen LogP contribution in [-0.4, -0.2) is 69.7 Å². The molecule has 8 nitrogen and oxygen atoms in total. The smallest absolute Gasteiger partial charge is 0.271 e. The molecule has 1 N–H and O–H groups in total. The lowest BCUT2D eigenvalue weighted by Gasteiger charge is -2.19. The van der Waals surface area contributed by atoms with Crippen LogP contribution in [0.4, 0.5) is 11.6 Å². The van der Waals surface area contributed by atoms with Crippen LogP contribution in [0.5, 0.6) is 0 Å². The molecule has 2 heterocycles. The van der Waals surface area contributed by atoms with Crippen LogP contribution in [-0.2, 0) is 7.05 Å². The fourth-order valence-electron chi connectivity index (χ4n) is 3.18. The summed E-state index contributed by atoms with van der Waals surface area (Å²) in [5.41, 5.74) is 5.08. The van der Waals surface area contributed by atoms with Gasteiger partial charge in [-0.2, -0.15) is 5.10 Å². The first-order valence-electron chi connectivity index (χ1n) is 9.86. The Labute approximate surface area is 177 Å². The predicted octanol–water partition coefficient (Wildman–Crippen LogP) is 2.87. The van der Waals surface area contributed by atoms with Crippen LogP contribution >= 0.6 is 0 Å². The highest BCUT2D eigenvalue weighted by molar-refractivity contribution is 5.93. The van der Waals surface area contributed by atoms with E-state index in [4.69, 9.17) is 0 Å². The molecule has 0 aliphatic carbocycles. The Hall–Kier alpha value is -3.26. The molecule has 0 bridgehead atoms. The second-order valence-electron chi connectivity index (χ2n) is 7.84. The lowest BCUT2D eigenvalue weighted by atomic mass is 10.1. The summed E-state index contributed by atoms with van der Waals surface area (Å²) in [6, 6.07) is 9.77. The summed E-state index contributed by atoms with van der Waals surface area (Å²) in [6.07, 6.45) is 1.69. The molecule has 0 aliphatic heterocycles. The first-order chi connectivity index (χ1) is 14.2. The first kappa shape index (κ1) is 21.4. The number of carbonyl (C=O) groups excluding carboxylic acids is 1. The molecule has 0 saturated heterocycles. The molecular weight excluding hydrogens is 378 g/mol. The van der Waals surface area contributed by atoms with Crippen molar-refractivity contribution in [2.24, 2.45) is 7.05 Å². The van der Waals surface area contributed by atoms with E-state index in [1.807, 2.05) is 31.1 Å². The molecule has 3 rings (SSSR count). The maximum atomic E-state index is 12.8. The zero-order valence-electron chi connectivity index (χ0n) is 18.5. The number of nitrogens with one attached hydrogen (secondary N) is 1. The van der Waals surface area contributed by atoms with Crippen molar-refractivity contribution in [2.75, 3.05) is 39.5 Å². The number of aryl methyl sites for hydroxylation is 3. The van der Waals surface area contributed by atoms with Crippen LogP contribution in [0.25, 0.3) is 11.4 Å². The van der Waals surface area contributed by atoms with Crippen LogP contribution in [0.15, 0.2) is 36.5 Å². The minimum atomic E-state index is -0.0688. The van der Waals surface area contributed by atoms with E-state index >= 15 is 0 Å². The zero-order chi connectivity index (χ0) is 21.8. The summed E-state index contributed by atoms with van der Waals surface area (Å²) in [6.45, 7) is 5.55. The number of hydrogen-bond acceptors (Lipinski definition) is 6. The monoisotopic (exact) mass is 407 g/mol. The zero-order valence-corrected chi connectivity index (χ0v) is 18.5. The maximum Gasteiger partial charge on any atom is 0.271 e. The molecular formula is C22H29N7O. The van der Waals surface area contributed by atoms with Crippen molar-refractivity contribution in [3.8, 4) is 11.4 Å². The van der Waals surface area contributed by atoms with E-state index in [0.717, 1.165) is 12.2 Å². The molecule has 1 amide bonds. The van der Waals surface area contributed by atoms with E-state index < -0.39 is 0 Å². The van der Waals surface area contributed by atoms with Crippen LogP contribution in [0.3, 0.4) is 0 Å². The molecule has 0 aliphatic rings. The third-order valence-electron chi connectivity index (χ3n) is 4.72. The van der Waals surface area contributed by atoms with E-state index in [9.17, 15) is 4.79 Å². The Morgan fingerprint density at radius 2 is 1.73 bits per heavy atom. The standard InChI is InChI=1S/C22H29N7O/c1-15-11-16(2)13-17(12-15)24-22-23-8-7-18(25-22)19-14-20(29(6)26-19)21(30)28(5)10-9-27(3)4/h7-8,11-14H,9-10H2,1-6H3,(H,23,24,25). The van der Waals surface area contributed by atoms with Gasteiger partial charge in [-0.3, -0.25) is 9.48 Å². The quantitative estimate of drug-likeness (QED) is 0.649. The van der Waals surface area contributed by atoms with Gasteiger partial charge in [-0.15, -0.1) is 0 Å². The maximum absolute atomic E-state index is 12.8. The molecule has 0 fully saturated rings. The van der Waals surface area contributed by atoms with Gasteiger partial charge in [0.1, 0.15) is 11.4 Å². The fourth-order valence-corrected chi connectivity index (χ4v) is 3.18. The third kappa shape index (κ3) is 5.21. The summed E-state index contributed by atoms with van der Waals surface area (Å²) in [7, 11) is 7.54. The number of anilines is 2. The van der Waals surface area contributed by atoms with Crippen molar-refractivity contribution in [3.63, 3.8) is 0 Å². The van der Waals surface area contributed by atoms with Crippen LogP contribution < -0.4 is 5.32 Å². The van der Waals surface area contributed by atoms with Crippen molar-refractivity contribution >= 4 is 17.5 Å². The molecule has 158 valence electrons. The number of likely N-dealkylation sites (N-methyl/N-ethyl adjacent to an activating group) is 2. The largest absolute Gasteiger partial charge is 0.339 e. The highest BCUT2D eigenvalue weighted by Gasteiger charge is 2.19. The summed E-state index contributed by atoms with van der Waals surface area (Å²) in [5, 5.41) is 7.75. The third-order valence-corrected chi connectivity index (χ3v) is 4.72. The second-order valence-corrected chi connectivity index (χ2v) is 7.84. The molecule has 0 unspecified atom stereocenters. The van der Waals surface area contributed by atoms with Gasteiger partial charge in [0.25, 0.3) is 5.91 Å². The van der Waals surface area contributed by atoms with Crippen LogP contribution in [0.2, 0.25) is 0 Å². The number of aromatic nitrogens is 4. The highest BCUT2D eigenvalue weighted by Crippen LogP contribution is 2.21. The fraction of sp³-hybridized carbons (Fsp3) is 0.364.